The van der Waals surface area contributed by atoms with Crippen LogP contribution in [0.4, 0.5) is 4.39 Å². The molecule has 2 heterocycles. The molecule has 2 aromatic rings. The van der Waals surface area contributed by atoms with Crippen molar-refractivity contribution in [3.63, 3.8) is 0 Å². The molecule has 1 aromatic heterocycles. The molecule has 1 aliphatic rings. The molecule has 0 saturated carbocycles. The first-order chi connectivity index (χ1) is 10.2. The normalized spacial score (nSPS) is 22.4. The van der Waals surface area contributed by atoms with Crippen LogP contribution in [0.25, 0.3) is 0 Å². The highest BCUT2D eigenvalue weighted by atomic mass is 32.2. The second-order valence-corrected chi connectivity index (χ2v) is 6.59. The summed E-state index contributed by atoms with van der Waals surface area (Å²) in [4.78, 5) is 5.10. The van der Waals surface area contributed by atoms with Crippen LogP contribution in [0.1, 0.15) is 31.5 Å². The summed E-state index contributed by atoms with van der Waals surface area (Å²) in [6.07, 6.45) is 2.15. The third-order valence-electron chi connectivity index (χ3n) is 3.78. The van der Waals surface area contributed by atoms with E-state index in [1.54, 1.807) is 12.1 Å². The van der Waals surface area contributed by atoms with E-state index in [1.165, 1.54) is 17.8 Å². The fourth-order valence-corrected chi connectivity index (χ4v) is 3.28. The summed E-state index contributed by atoms with van der Waals surface area (Å²) in [5.74, 6) is 1.59. The van der Waals surface area contributed by atoms with Crippen molar-refractivity contribution in [3.8, 4) is 0 Å². The highest BCUT2D eigenvalue weighted by molar-refractivity contribution is 7.98. The third-order valence-corrected chi connectivity index (χ3v) is 4.82. The lowest BCUT2D eigenvalue weighted by Crippen LogP contribution is -2.41. The van der Waals surface area contributed by atoms with Crippen LogP contribution in [0.3, 0.4) is 0 Å². The SMILES string of the molecule is CC1(c2nc(CSc3ccccc3F)no2)CCCNC1. The largest absolute Gasteiger partial charge is 0.339 e. The molecular weight excluding hydrogens is 289 g/mol. The Kier molecular flexibility index (Phi) is 4.26. The van der Waals surface area contributed by atoms with Gasteiger partial charge in [0, 0.05) is 11.4 Å². The molecule has 3 rings (SSSR count). The van der Waals surface area contributed by atoms with E-state index in [9.17, 15) is 4.39 Å². The second kappa shape index (κ2) is 6.15. The molecule has 112 valence electrons. The molecule has 1 N–H and O–H groups in total. The lowest BCUT2D eigenvalue weighted by molar-refractivity contribution is 0.245. The van der Waals surface area contributed by atoms with Crippen LogP contribution in [0.15, 0.2) is 33.7 Å². The number of benzene rings is 1. The van der Waals surface area contributed by atoms with Crippen LogP contribution in [0, 0.1) is 5.82 Å². The maximum Gasteiger partial charge on any atom is 0.233 e. The number of rotatable bonds is 4. The molecule has 0 bridgehead atoms. The quantitative estimate of drug-likeness (QED) is 0.879. The maximum atomic E-state index is 13.6. The maximum absolute atomic E-state index is 13.6. The number of aromatic nitrogens is 2. The zero-order valence-electron chi connectivity index (χ0n) is 11.9. The molecular formula is C15H18FN3OS. The first-order valence-corrected chi connectivity index (χ1v) is 8.07. The summed E-state index contributed by atoms with van der Waals surface area (Å²) in [6, 6.07) is 6.72. The van der Waals surface area contributed by atoms with Gasteiger partial charge in [-0.05, 0) is 38.4 Å². The van der Waals surface area contributed by atoms with Crippen LogP contribution in [-0.2, 0) is 11.2 Å². The molecule has 0 amide bonds. The van der Waals surface area contributed by atoms with Gasteiger partial charge in [-0.1, -0.05) is 17.3 Å². The number of piperidine rings is 1. The predicted octanol–water partition coefficient (Wildman–Crippen LogP) is 3.14. The van der Waals surface area contributed by atoms with Crippen molar-refractivity contribution in [2.45, 2.75) is 35.8 Å². The number of thioether (sulfide) groups is 1. The molecule has 0 aliphatic carbocycles. The zero-order valence-corrected chi connectivity index (χ0v) is 12.8. The minimum absolute atomic E-state index is 0.0911. The summed E-state index contributed by atoms with van der Waals surface area (Å²) >= 11 is 1.38. The average Bonchev–Trinajstić information content (AvgIpc) is 2.97. The van der Waals surface area contributed by atoms with Crippen molar-refractivity contribution in [1.29, 1.82) is 0 Å². The summed E-state index contributed by atoms with van der Waals surface area (Å²) < 4.78 is 19.0. The zero-order chi connectivity index (χ0) is 14.7. The van der Waals surface area contributed by atoms with E-state index < -0.39 is 0 Å². The van der Waals surface area contributed by atoms with Gasteiger partial charge in [0.2, 0.25) is 5.89 Å². The van der Waals surface area contributed by atoms with Crippen LogP contribution in [0.2, 0.25) is 0 Å². The van der Waals surface area contributed by atoms with Gasteiger partial charge in [-0.3, -0.25) is 0 Å². The monoisotopic (exact) mass is 307 g/mol. The fourth-order valence-electron chi connectivity index (χ4n) is 2.50. The summed E-state index contributed by atoms with van der Waals surface area (Å²) in [6.45, 7) is 4.04. The Morgan fingerprint density at radius 2 is 2.29 bits per heavy atom. The number of hydrogen-bond donors (Lipinski definition) is 1. The Hall–Kier alpha value is -1.40. The van der Waals surface area contributed by atoms with Gasteiger partial charge in [-0.25, -0.2) is 4.39 Å². The Balaban J connectivity index is 1.67. The van der Waals surface area contributed by atoms with Crippen LogP contribution >= 0.6 is 11.8 Å². The standard InChI is InChI=1S/C15H18FN3OS/c1-15(7-4-8-17-10-15)14-18-13(19-20-14)9-21-12-6-3-2-5-11(12)16/h2-3,5-6,17H,4,7-10H2,1H3. The van der Waals surface area contributed by atoms with Gasteiger partial charge in [0.05, 0.1) is 11.2 Å². The molecule has 21 heavy (non-hydrogen) atoms. The van der Waals surface area contributed by atoms with Crippen LogP contribution in [0.5, 0.6) is 0 Å². The summed E-state index contributed by atoms with van der Waals surface area (Å²) in [7, 11) is 0. The van der Waals surface area contributed by atoms with E-state index in [4.69, 9.17) is 4.52 Å². The second-order valence-electron chi connectivity index (χ2n) is 5.58. The highest BCUT2D eigenvalue weighted by Gasteiger charge is 2.34. The van der Waals surface area contributed by atoms with E-state index in [1.807, 2.05) is 6.07 Å². The van der Waals surface area contributed by atoms with E-state index in [0.717, 1.165) is 25.9 Å². The molecule has 4 nitrogen and oxygen atoms in total. The van der Waals surface area contributed by atoms with Crippen molar-refractivity contribution in [2.24, 2.45) is 0 Å². The minimum atomic E-state index is -0.213. The highest BCUT2D eigenvalue weighted by Crippen LogP contribution is 2.30. The molecule has 1 aliphatic heterocycles. The Morgan fingerprint density at radius 3 is 3.05 bits per heavy atom. The molecule has 1 saturated heterocycles. The minimum Gasteiger partial charge on any atom is -0.339 e. The molecule has 1 atom stereocenters. The Bertz CT molecular complexity index is 610. The predicted molar refractivity (Wildman–Crippen MR) is 79.7 cm³/mol. The number of nitrogens with one attached hydrogen (secondary N) is 1. The Morgan fingerprint density at radius 1 is 1.43 bits per heavy atom. The summed E-state index contributed by atoms with van der Waals surface area (Å²) in [5, 5.41) is 7.39. The smallest absolute Gasteiger partial charge is 0.233 e. The van der Waals surface area contributed by atoms with E-state index in [-0.39, 0.29) is 11.2 Å². The van der Waals surface area contributed by atoms with E-state index in [2.05, 4.69) is 22.4 Å². The molecule has 1 fully saturated rings. The topological polar surface area (TPSA) is 51.0 Å². The molecule has 1 unspecified atom stereocenters. The first-order valence-electron chi connectivity index (χ1n) is 7.08. The van der Waals surface area contributed by atoms with Gasteiger partial charge in [-0.2, -0.15) is 4.98 Å². The van der Waals surface area contributed by atoms with E-state index in [0.29, 0.717) is 22.4 Å². The van der Waals surface area contributed by atoms with Gasteiger partial charge in [0.15, 0.2) is 5.82 Å². The van der Waals surface area contributed by atoms with Gasteiger partial charge >= 0.3 is 0 Å². The van der Waals surface area contributed by atoms with Gasteiger partial charge in [0.25, 0.3) is 0 Å². The van der Waals surface area contributed by atoms with Gasteiger partial charge in [-0.15, -0.1) is 11.8 Å². The van der Waals surface area contributed by atoms with Gasteiger partial charge < -0.3 is 9.84 Å². The van der Waals surface area contributed by atoms with E-state index >= 15 is 0 Å². The van der Waals surface area contributed by atoms with Crippen molar-refractivity contribution in [1.82, 2.24) is 15.5 Å². The first kappa shape index (κ1) is 14.5. The lowest BCUT2D eigenvalue weighted by atomic mass is 9.83. The van der Waals surface area contributed by atoms with Crippen molar-refractivity contribution >= 4 is 11.8 Å². The summed E-state index contributed by atoms with van der Waals surface area (Å²) in [5.41, 5.74) is -0.0911. The van der Waals surface area contributed by atoms with Crippen LogP contribution < -0.4 is 5.32 Å². The molecule has 0 spiro atoms. The van der Waals surface area contributed by atoms with Gasteiger partial charge in [0.1, 0.15) is 5.82 Å². The van der Waals surface area contributed by atoms with Crippen LogP contribution in [-0.4, -0.2) is 23.2 Å². The van der Waals surface area contributed by atoms with Crippen molar-refractivity contribution in [3.05, 3.63) is 41.8 Å². The lowest BCUT2D eigenvalue weighted by Gasteiger charge is -2.30. The number of hydrogen-bond acceptors (Lipinski definition) is 5. The van der Waals surface area contributed by atoms with Crippen molar-refractivity contribution < 1.29 is 8.91 Å². The average molecular weight is 307 g/mol. The third kappa shape index (κ3) is 3.27. The number of halogens is 1. The Labute approximate surface area is 127 Å². The van der Waals surface area contributed by atoms with Crippen molar-refractivity contribution in [2.75, 3.05) is 13.1 Å². The molecule has 0 radical (unpaired) electrons. The number of nitrogens with zero attached hydrogens (tertiary/aromatic N) is 2. The molecule has 1 aromatic carbocycles. The fraction of sp³-hybridized carbons (Fsp3) is 0.467. The molecule has 6 heteroatoms.